The first kappa shape index (κ1) is 26.8. The van der Waals surface area contributed by atoms with E-state index < -0.39 is 0 Å². The van der Waals surface area contributed by atoms with Gasteiger partial charge in [0.05, 0.1) is 15.7 Å². The molecule has 0 bridgehead atoms. The predicted molar refractivity (Wildman–Crippen MR) is 150 cm³/mol. The van der Waals surface area contributed by atoms with Crippen molar-refractivity contribution in [2.24, 2.45) is 0 Å². The largest absolute Gasteiger partial charge is 0.356 e. The maximum Gasteiger partial charge on any atom is 0.220 e. The fraction of sp³-hybridized carbons (Fsp3) is 0.192. The van der Waals surface area contributed by atoms with Gasteiger partial charge in [0.2, 0.25) is 5.91 Å². The summed E-state index contributed by atoms with van der Waals surface area (Å²) in [6, 6.07) is 20.6. The highest BCUT2D eigenvalue weighted by Crippen LogP contribution is 2.31. The molecule has 4 rings (SSSR count). The Balaban J connectivity index is 1.35. The average molecular weight is 580 g/mol. The molecule has 1 N–H and O–H groups in total. The van der Waals surface area contributed by atoms with E-state index in [1.165, 1.54) is 11.8 Å². The van der Waals surface area contributed by atoms with Crippen molar-refractivity contribution in [2.45, 2.75) is 24.4 Å². The molecule has 3 aromatic carbocycles. The number of carbonyl (C=O) groups excluding carboxylic acids is 1. The minimum Gasteiger partial charge on any atom is -0.356 e. The average Bonchev–Trinajstić information content (AvgIpc) is 3.29. The van der Waals surface area contributed by atoms with E-state index in [9.17, 15) is 4.79 Å². The lowest BCUT2D eigenvalue weighted by Crippen LogP contribution is -2.25. The molecule has 0 saturated heterocycles. The fourth-order valence-corrected chi connectivity index (χ4v) is 5.23. The molecule has 0 aliphatic rings. The molecule has 0 unspecified atom stereocenters. The van der Waals surface area contributed by atoms with Gasteiger partial charge < -0.3 is 5.32 Å². The van der Waals surface area contributed by atoms with E-state index in [4.69, 9.17) is 46.4 Å². The first-order valence-corrected chi connectivity index (χ1v) is 13.7. The quantitative estimate of drug-likeness (QED) is 0.154. The standard InChI is InChI=1S/C26H22Cl4N4OS/c27-19-9-8-17(22(29)15-19)12-13-31-24(35)7-4-14-36-26-33-32-25(18-5-2-1-3-6-18)34(26)20-10-11-21(28)23(30)16-20/h1-3,5-6,8-11,15-16H,4,7,12-14H2,(H,31,35). The van der Waals surface area contributed by atoms with Gasteiger partial charge in [-0.3, -0.25) is 9.36 Å². The molecule has 0 saturated carbocycles. The van der Waals surface area contributed by atoms with Crippen LogP contribution in [0.25, 0.3) is 17.1 Å². The van der Waals surface area contributed by atoms with E-state index in [1.54, 1.807) is 24.3 Å². The Labute approximate surface area is 234 Å². The summed E-state index contributed by atoms with van der Waals surface area (Å²) in [4.78, 5) is 12.3. The summed E-state index contributed by atoms with van der Waals surface area (Å²) in [7, 11) is 0. The van der Waals surface area contributed by atoms with E-state index in [1.807, 2.05) is 47.0 Å². The van der Waals surface area contributed by atoms with Crippen molar-refractivity contribution >= 4 is 64.1 Å². The SMILES string of the molecule is O=C(CCCSc1nnc(-c2ccccc2)n1-c1ccc(Cl)c(Cl)c1)NCCc1ccc(Cl)cc1Cl. The minimum atomic E-state index is -0.00314. The van der Waals surface area contributed by atoms with Gasteiger partial charge in [0.25, 0.3) is 0 Å². The fourth-order valence-electron chi connectivity index (χ4n) is 3.54. The summed E-state index contributed by atoms with van der Waals surface area (Å²) in [6.45, 7) is 0.513. The van der Waals surface area contributed by atoms with E-state index in [-0.39, 0.29) is 5.91 Å². The van der Waals surface area contributed by atoms with Crippen LogP contribution in [0.15, 0.2) is 71.9 Å². The molecule has 0 fully saturated rings. The molecule has 4 aromatic rings. The van der Waals surface area contributed by atoms with Crippen LogP contribution in [0.5, 0.6) is 0 Å². The lowest BCUT2D eigenvalue weighted by Gasteiger charge is -2.11. The Morgan fingerprint density at radius 2 is 1.69 bits per heavy atom. The molecular weight excluding hydrogens is 558 g/mol. The molecule has 0 aliphatic carbocycles. The third-order valence-corrected chi connectivity index (χ3v) is 7.68. The van der Waals surface area contributed by atoms with Crippen LogP contribution in [0.4, 0.5) is 0 Å². The van der Waals surface area contributed by atoms with Gasteiger partial charge in [-0.05, 0) is 48.7 Å². The van der Waals surface area contributed by atoms with Gasteiger partial charge in [-0.25, -0.2) is 0 Å². The molecule has 1 amide bonds. The molecule has 0 aliphatic heterocycles. The molecule has 186 valence electrons. The van der Waals surface area contributed by atoms with E-state index in [2.05, 4.69) is 15.5 Å². The summed E-state index contributed by atoms with van der Waals surface area (Å²) in [6.07, 6.45) is 1.74. The van der Waals surface area contributed by atoms with Crippen LogP contribution in [0, 0.1) is 0 Å². The zero-order valence-electron chi connectivity index (χ0n) is 19.1. The van der Waals surface area contributed by atoms with Crippen molar-refractivity contribution in [1.29, 1.82) is 0 Å². The summed E-state index contributed by atoms with van der Waals surface area (Å²) in [5.41, 5.74) is 2.70. The second-order valence-electron chi connectivity index (χ2n) is 7.89. The van der Waals surface area contributed by atoms with Crippen molar-refractivity contribution in [1.82, 2.24) is 20.1 Å². The second-order valence-corrected chi connectivity index (χ2v) is 10.6. The zero-order chi connectivity index (χ0) is 25.5. The Bertz CT molecular complexity index is 1350. The normalized spacial score (nSPS) is 11.0. The van der Waals surface area contributed by atoms with Crippen LogP contribution in [0.1, 0.15) is 18.4 Å². The number of aromatic nitrogens is 3. The third-order valence-electron chi connectivity index (χ3n) is 5.34. The molecule has 1 heterocycles. The molecule has 5 nitrogen and oxygen atoms in total. The molecular formula is C26H22Cl4N4OS. The maximum absolute atomic E-state index is 12.3. The third kappa shape index (κ3) is 6.96. The highest BCUT2D eigenvalue weighted by molar-refractivity contribution is 7.99. The number of nitrogens with zero attached hydrogens (tertiary/aromatic N) is 3. The van der Waals surface area contributed by atoms with Gasteiger partial charge in [-0.2, -0.15) is 0 Å². The van der Waals surface area contributed by atoms with Gasteiger partial charge in [0.1, 0.15) is 0 Å². The van der Waals surface area contributed by atoms with Crippen molar-refractivity contribution in [3.63, 3.8) is 0 Å². The number of hydrogen-bond acceptors (Lipinski definition) is 4. The number of nitrogens with one attached hydrogen (secondary N) is 1. The van der Waals surface area contributed by atoms with Crippen molar-refractivity contribution in [3.05, 3.63) is 92.4 Å². The van der Waals surface area contributed by atoms with Crippen molar-refractivity contribution < 1.29 is 4.79 Å². The van der Waals surface area contributed by atoms with Crippen molar-refractivity contribution in [3.8, 4) is 17.1 Å². The lowest BCUT2D eigenvalue weighted by molar-refractivity contribution is -0.121. The monoisotopic (exact) mass is 578 g/mol. The molecule has 0 atom stereocenters. The minimum absolute atomic E-state index is 0.00314. The van der Waals surface area contributed by atoms with Crippen LogP contribution in [0.3, 0.4) is 0 Å². The Kier molecular flexibility index (Phi) is 9.57. The molecule has 0 radical (unpaired) electrons. The Hall–Kier alpha value is -2.22. The summed E-state index contributed by atoms with van der Waals surface area (Å²) in [5, 5.41) is 14.6. The Morgan fingerprint density at radius 3 is 2.44 bits per heavy atom. The van der Waals surface area contributed by atoms with Crippen LogP contribution in [0.2, 0.25) is 20.1 Å². The topological polar surface area (TPSA) is 59.8 Å². The molecule has 1 aromatic heterocycles. The summed E-state index contributed by atoms with van der Waals surface area (Å²) in [5.74, 6) is 1.40. The number of hydrogen-bond donors (Lipinski definition) is 1. The van der Waals surface area contributed by atoms with Gasteiger partial charge in [0.15, 0.2) is 11.0 Å². The van der Waals surface area contributed by atoms with Crippen LogP contribution >= 0.6 is 58.2 Å². The summed E-state index contributed by atoms with van der Waals surface area (Å²) < 4.78 is 1.96. The molecule has 0 spiro atoms. The van der Waals surface area contributed by atoms with Crippen molar-refractivity contribution in [2.75, 3.05) is 12.3 Å². The predicted octanol–water partition coefficient (Wildman–Crippen LogP) is 7.78. The first-order valence-electron chi connectivity index (χ1n) is 11.2. The van der Waals surface area contributed by atoms with Gasteiger partial charge in [-0.15, -0.1) is 10.2 Å². The number of rotatable bonds is 10. The smallest absolute Gasteiger partial charge is 0.220 e. The second kappa shape index (κ2) is 12.8. The van der Waals surface area contributed by atoms with E-state index >= 15 is 0 Å². The Morgan fingerprint density at radius 1 is 0.889 bits per heavy atom. The van der Waals surface area contributed by atoms with Gasteiger partial charge in [-0.1, -0.05) is 94.6 Å². The number of halogens is 4. The molecule has 10 heteroatoms. The number of thioether (sulfide) groups is 1. The van der Waals surface area contributed by atoms with E-state index in [0.717, 1.165) is 16.8 Å². The lowest BCUT2D eigenvalue weighted by atomic mass is 10.1. The van der Waals surface area contributed by atoms with Crippen LogP contribution < -0.4 is 5.32 Å². The number of amides is 1. The molecule has 36 heavy (non-hydrogen) atoms. The number of benzene rings is 3. The zero-order valence-corrected chi connectivity index (χ0v) is 22.9. The summed E-state index contributed by atoms with van der Waals surface area (Å²) >= 11 is 26.1. The van der Waals surface area contributed by atoms with Gasteiger partial charge in [0, 0.05) is 34.3 Å². The first-order chi connectivity index (χ1) is 17.4. The van der Waals surface area contributed by atoms with Crippen LogP contribution in [-0.2, 0) is 11.2 Å². The van der Waals surface area contributed by atoms with Gasteiger partial charge >= 0.3 is 0 Å². The maximum atomic E-state index is 12.3. The van der Waals surface area contributed by atoms with Crippen LogP contribution in [-0.4, -0.2) is 33.0 Å². The highest BCUT2D eigenvalue weighted by atomic mass is 35.5. The number of carbonyl (C=O) groups is 1. The van der Waals surface area contributed by atoms with E-state index in [0.29, 0.717) is 62.6 Å². The highest BCUT2D eigenvalue weighted by Gasteiger charge is 2.17.